The van der Waals surface area contributed by atoms with E-state index >= 15 is 0 Å². The lowest BCUT2D eigenvalue weighted by molar-refractivity contribution is -0.126. The number of amides is 1. The van der Waals surface area contributed by atoms with Gasteiger partial charge in [0.1, 0.15) is 0 Å². The highest BCUT2D eigenvalue weighted by Crippen LogP contribution is 2.24. The summed E-state index contributed by atoms with van der Waals surface area (Å²) in [6.45, 7) is 1.54. The van der Waals surface area contributed by atoms with Crippen LogP contribution >= 0.6 is 0 Å². The van der Waals surface area contributed by atoms with Crippen molar-refractivity contribution in [2.75, 3.05) is 20.2 Å². The van der Waals surface area contributed by atoms with Gasteiger partial charge in [-0.15, -0.1) is 0 Å². The zero-order valence-electron chi connectivity index (χ0n) is 16.9. The van der Waals surface area contributed by atoms with Gasteiger partial charge in [0, 0.05) is 32.7 Å². The predicted molar refractivity (Wildman–Crippen MR) is 112 cm³/mol. The van der Waals surface area contributed by atoms with Crippen LogP contribution < -0.4 is 5.32 Å². The molecule has 0 aromatic heterocycles. The maximum Gasteiger partial charge on any atom is 0.243 e. The number of benzene rings is 2. The summed E-state index contributed by atoms with van der Waals surface area (Å²) in [6, 6.07) is 15.7. The van der Waals surface area contributed by atoms with E-state index in [9.17, 15) is 13.2 Å². The molecule has 3 rings (SSSR count). The molecule has 1 amide bonds. The van der Waals surface area contributed by atoms with E-state index in [1.54, 1.807) is 7.11 Å². The van der Waals surface area contributed by atoms with Crippen molar-refractivity contribution in [3.05, 3.63) is 65.2 Å². The maximum absolute atomic E-state index is 12.8. The van der Waals surface area contributed by atoms with Crippen molar-refractivity contribution in [3.63, 3.8) is 0 Å². The standard InChI is InChI=1S/C22H25N3O4S/c1-29-16-19-4-2-3-18(13-19)15-24-22(26)20-9-11-25(12-10-20)30(27,28)21-7-5-17(14-23)6-8-21/h2-8,13,20H,9-12,15-16H2,1H3,(H,24,26). The van der Waals surface area contributed by atoms with Crippen molar-refractivity contribution in [1.29, 1.82) is 5.26 Å². The average molecular weight is 428 g/mol. The van der Waals surface area contributed by atoms with Gasteiger partial charge in [-0.25, -0.2) is 8.42 Å². The Morgan fingerprint density at radius 3 is 2.47 bits per heavy atom. The second kappa shape index (κ2) is 9.85. The first-order valence-electron chi connectivity index (χ1n) is 9.79. The molecule has 0 unspecified atom stereocenters. The SMILES string of the molecule is COCc1cccc(CNC(=O)C2CCN(S(=O)(=O)c3ccc(C#N)cc3)CC2)c1. The van der Waals surface area contributed by atoms with Crippen molar-refractivity contribution in [1.82, 2.24) is 9.62 Å². The number of carbonyl (C=O) groups excluding carboxylic acids is 1. The predicted octanol–water partition coefficient (Wildman–Crippen LogP) is 2.42. The molecule has 158 valence electrons. The van der Waals surface area contributed by atoms with E-state index in [1.165, 1.54) is 28.6 Å². The molecule has 0 atom stereocenters. The lowest BCUT2D eigenvalue weighted by Gasteiger charge is -2.30. The summed E-state index contributed by atoms with van der Waals surface area (Å²) in [6.07, 6.45) is 0.954. The van der Waals surface area contributed by atoms with Crippen LogP contribution in [-0.4, -0.2) is 38.8 Å². The van der Waals surface area contributed by atoms with Crippen molar-refractivity contribution in [2.24, 2.45) is 5.92 Å². The first kappa shape index (κ1) is 22.0. The summed E-state index contributed by atoms with van der Waals surface area (Å²) < 4.78 is 32.1. The lowest BCUT2D eigenvalue weighted by atomic mass is 9.97. The maximum atomic E-state index is 12.8. The van der Waals surface area contributed by atoms with Gasteiger partial charge in [0.15, 0.2) is 0 Å². The molecule has 0 saturated carbocycles. The van der Waals surface area contributed by atoms with E-state index < -0.39 is 10.0 Å². The molecule has 2 aromatic carbocycles. The number of hydrogen-bond acceptors (Lipinski definition) is 5. The number of sulfonamides is 1. The molecule has 30 heavy (non-hydrogen) atoms. The molecule has 1 saturated heterocycles. The molecule has 1 aliphatic rings. The topological polar surface area (TPSA) is 99.5 Å². The molecule has 0 radical (unpaired) electrons. The number of rotatable bonds is 7. The van der Waals surface area contributed by atoms with E-state index in [1.807, 2.05) is 30.3 Å². The van der Waals surface area contributed by atoms with Crippen LogP contribution in [0.5, 0.6) is 0 Å². The van der Waals surface area contributed by atoms with Crippen LogP contribution in [-0.2, 0) is 32.7 Å². The second-order valence-electron chi connectivity index (χ2n) is 7.29. The third-order valence-corrected chi connectivity index (χ3v) is 7.13. The normalized spacial score (nSPS) is 15.5. The van der Waals surface area contributed by atoms with Crippen molar-refractivity contribution in [3.8, 4) is 6.07 Å². The Kier molecular flexibility index (Phi) is 7.21. The zero-order chi connectivity index (χ0) is 21.6. The Morgan fingerprint density at radius 2 is 1.83 bits per heavy atom. The van der Waals surface area contributed by atoms with Gasteiger partial charge in [0.2, 0.25) is 15.9 Å². The Hall–Kier alpha value is -2.73. The van der Waals surface area contributed by atoms with Crippen LogP contribution in [0.3, 0.4) is 0 Å². The highest BCUT2D eigenvalue weighted by Gasteiger charge is 2.32. The monoisotopic (exact) mass is 427 g/mol. The number of nitrogens with zero attached hydrogens (tertiary/aromatic N) is 2. The first-order chi connectivity index (χ1) is 14.4. The van der Waals surface area contributed by atoms with Gasteiger partial charge < -0.3 is 10.1 Å². The van der Waals surface area contributed by atoms with Gasteiger partial charge in [-0.3, -0.25) is 4.79 Å². The second-order valence-corrected chi connectivity index (χ2v) is 9.22. The van der Waals surface area contributed by atoms with E-state index in [-0.39, 0.29) is 16.7 Å². The molecule has 1 N–H and O–H groups in total. The third kappa shape index (κ3) is 5.25. The molecule has 2 aromatic rings. The van der Waals surface area contributed by atoms with Crippen molar-refractivity contribution in [2.45, 2.75) is 30.9 Å². The minimum atomic E-state index is -3.62. The fourth-order valence-electron chi connectivity index (χ4n) is 3.54. The quantitative estimate of drug-likeness (QED) is 0.732. The Bertz CT molecular complexity index is 1020. The largest absolute Gasteiger partial charge is 0.380 e. The summed E-state index contributed by atoms with van der Waals surface area (Å²) in [4.78, 5) is 12.7. The van der Waals surface area contributed by atoms with E-state index in [0.717, 1.165) is 11.1 Å². The van der Waals surface area contributed by atoms with Gasteiger partial charge in [-0.2, -0.15) is 9.57 Å². The number of nitriles is 1. The highest BCUT2D eigenvalue weighted by atomic mass is 32.2. The van der Waals surface area contributed by atoms with Crippen LogP contribution in [0.25, 0.3) is 0 Å². The molecule has 1 fully saturated rings. The number of ether oxygens (including phenoxy) is 1. The molecule has 0 spiro atoms. The van der Waals surface area contributed by atoms with E-state index in [0.29, 0.717) is 44.6 Å². The summed E-state index contributed by atoms with van der Waals surface area (Å²) >= 11 is 0. The summed E-state index contributed by atoms with van der Waals surface area (Å²) in [7, 11) is -1.98. The smallest absolute Gasteiger partial charge is 0.243 e. The Balaban J connectivity index is 1.53. The summed E-state index contributed by atoms with van der Waals surface area (Å²) in [5.74, 6) is -0.262. The molecule has 1 heterocycles. The van der Waals surface area contributed by atoms with Gasteiger partial charge in [-0.05, 0) is 48.2 Å². The number of hydrogen-bond donors (Lipinski definition) is 1. The van der Waals surface area contributed by atoms with Crippen LogP contribution in [0, 0.1) is 17.2 Å². The molecular weight excluding hydrogens is 402 g/mol. The van der Waals surface area contributed by atoms with Crippen LogP contribution in [0.4, 0.5) is 0 Å². The van der Waals surface area contributed by atoms with E-state index in [2.05, 4.69) is 5.32 Å². The molecular formula is C22H25N3O4S. The van der Waals surface area contributed by atoms with Crippen LogP contribution in [0.1, 0.15) is 29.5 Å². The van der Waals surface area contributed by atoms with Crippen LogP contribution in [0.15, 0.2) is 53.4 Å². The number of piperidine rings is 1. The van der Waals surface area contributed by atoms with Gasteiger partial charge in [-0.1, -0.05) is 24.3 Å². The zero-order valence-corrected chi connectivity index (χ0v) is 17.7. The number of nitrogens with one attached hydrogen (secondary N) is 1. The number of carbonyl (C=O) groups is 1. The first-order valence-corrected chi connectivity index (χ1v) is 11.2. The molecule has 8 heteroatoms. The minimum absolute atomic E-state index is 0.0532. The summed E-state index contributed by atoms with van der Waals surface area (Å²) in [5, 5.41) is 11.8. The summed E-state index contributed by atoms with van der Waals surface area (Å²) in [5.41, 5.74) is 2.46. The fourth-order valence-corrected chi connectivity index (χ4v) is 5.01. The lowest BCUT2D eigenvalue weighted by Crippen LogP contribution is -2.42. The van der Waals surface area contributed by atoms with Crippen molar-refractivity contribution >= 4 is 15.9 Å². The Morgan fingerprint density at radius 1 is 1.17 bits per heavy atom. The van der Waals surface area contributed by atoms with Gasteiger partial charge in [0.05, 0.1) is 23.1 Å². The van der Waals surface area contributed by atoms with Crippen molar-refractivity contribution < 1.29 is 17.9 Å². The third-order valence-electron chi connectivity index (χ3n) is 5.22. The van der Waals surface area contributed by atoms with Gasteiger partial charge in [0.25, 0.3) is 0 Å². The average Bonchev–Trinajstić information content (AvgIpc) is 2.78. The molecule has 1 aliphatic heterocycles. The molecule has 0 bridgehead atoms. The number of methoxy groups -OCH3 is 1. The fraction of sp³-hybridized carbons (Fsp3) is 0.364. The van der Waals surface area contributed by atoms with Crippen LogP contribution in [0.2, 0.25) is 0 Å². The minimum Gasteiger partial charge on any atom is -0.380 e. The molecule has 7 nitrogen and oxygen atoms in total. The highest BCUT2D eigenvalue weighted by molar-refractivity contribution is 7.89. The van der Waals surface area contributed by atoms with Gasteiger partial charge >= 0.3 is 0 Å². The molecule has 0 aliphatic carbocycles. The Labute approximate surface area is 177 Å². The van der Waals surface area contributed by atoms with E-state index in [4.69, 9.17) is 10.00 Å².